The lowest BCUT2D eigenvalue weighted by Gasteiger charge is -2.43. The molecule has 2 amide bonds. The summed E-state index contributed by atoms with van der Waals surface area (Å²) in [4.78, 5) is 28.6. The lowest BCUT2D eigenvalue weighted by molar-refractivity contribution is -0.144. The smallest absolute Gasteiger partial charge is 0.229 e. The molecule has 3 heterocycles. The molecule has 1 aromatic rings. The molecule has 3 aliphatic rings. The Labute approximate surface area is 154 Å². The van der Waals surface area contributed by atoms with E-state index in [4.69, 9.17) is 9.47 Å². The van der Waals surface area contributed by atoms with Gasteiger partial charge in [0.2, 0.25) is 11.8 Å². The minimum absolute atomic E-state index is 0.113. The van der Waals surface area contributed by atoms with E-state index in [1.807, 2.05) is 36.2 Å². The number of ether oxygens (including phenoxy) is 2. The van der Waals surface area contributed by atoms with Gasteiger partial charge in [0.1, 0.15) is 12.4 Å². The van der Waals surface area contributed by atoms with Crippen LogP contribution in [0.2, 0.25) is 0 Å². The van der Waals surface area contributed by atoms with Gasteiger partial charge >= 0.3 is 0 Å². The highest BCUT2D eigenvalue weighted by Gasteiger charge is 2.41. The van der Waals surface area contributed by atoms with Crippen molar-refractivity contribution in [2.75, 3.05) is 39.9 Å². The Hall–Kier alpha value is -2.08. The first kappa shape index (κ1) is 17.3. The van der Waals surface area contributed by atoms with Crippen LogP contribution in [0.4, 0.5) is 0 Å². The Morgan fingerprint density at radius 1 is 1.23 bits per heavy atom. The molecule has 0 bridgehead atoms. The van der Waals surface area contributed by atoms with E-state index in [1.54, 1.807) is 4.90 Å². The molecule has 1 unspecified atom stereocenters. The summed E-state index contributed by atoms with van der Waals surface area (Å²) in [5.74, 6) is 1.10. The van der Waals surface area contributed by atoms with Gasteiger partial charge in [0.25, 0.3) is 0 Å². The van der Waals surface area contributed by atoms with Crippen LogP contribution >= 0.6 is 0 Å². The first-order valence-electron chi connectivity index (χ1n) is 9.44. The number of carbonyl (C=O) groups excluding carboxylic acids is 2. The van der Waals surface area contributed by atoms with E-state index in [9.17, 15) is 9.59 Å². The van der Waals surface area contributed by atoms with Crippen molar-refractivity contribution >= 4 is 11.8 Å². The van der Waals surface area contributed by atoms with Crippen LogP contribution in [0.15, 0.2) is 24.3 Å². The van der Waals surface area contributed by atoms with Gasteiger partial charge in [-0.25, -0.2) is 0 Å². The minimum Gasteiger partial charge on any atom is -0.492 e. The molecule has 140 valence electrons. The summed E-state index contributed by atoms with van der Waals surface area (Å²) in [5.41, 5.74) is 0.811. The number of likely N-dealkylation sites (tertiary alicyclic amines) is 1. The number of para-hydroxylation sites is 1. The van der Waals surface area contributed by atoms with Crippen molar-refractivity contribution in [3.63, 3.8) is 0 Å². The van der Waals surface area contributed by atoms with Crippen LogP contribution in [0, 0.1) is 5.92 Å². The zero-order valence-electron chi connectivity index (χ0n) is 15.3. The van der Waals surface area contributed by atoms with E-state index >= 15 is 0 Å². The van der Waals surface area contributed by atoms with E-state index in [0.29, 0.717) is 39.3 Å². The average molecular weight is 358 g/mol. The zero-order chi connectivity index (χ0) is 18.1. The van der Waals surface area contributed by atoms with Crippen LogP contribution in [0.25, 0.3) is 0 Å². The highest BCUT2D eigenvalue weighted by atomic mass is 16.5. The third kappa shape index (κ3) is 3.30. The Morgan fingerprint density at radius 2 is 2.00 bits per heavy atom. The second-order valence-electron chi connectivity index (χ2n) is 7.68. The number of hydrogen-bond donors (Lipinski definition) is 0. The molecule has 0 aliphatic carbocycles. The van der Waals surface area contributed by atoms with Gasteiger partial charge in [0.05, 0.1) is 24.5 Å². The predicted octanol–water partition coefficient (Wildman–Crippen LogP) is 1.48. The minimum atomic E-state index is -0.298. The SMILES string of the molecule is CN1CC2(CCN(C(=O)C3COc4ccccc4C3)CC2)OCCC1=O. The topological polar surface area (TPSA) is 59.1 Å². The van der Waals surface area contributed by atoms with Crippen LogP contribution in [0.3, 0.4) is 0 Å². The number of fused-ring (bicyclic) bond motifs is 1. The molecule has 0 radical (unpaired) electrons. The van der Waals surface area contributed by atoms with Gasteiger partial charge in [-0.3, -0.25) is 9.59 Å². The molecule has 1 spiro atoms. The Kier molecular flexibility index (Phi) is 4.61. The molecule has 0 aromatic heterocycles. The normalized spacial score (nSPS) is 25.4. The molecule has 2 fully saturated rings. The standard InChI is InChI=1S/C20H26N2O4/c1-21-14-20(26-11-6-18(21)23)7-9-22(10-8-20)19(24)16-12-15-4-2-3-5-17(15)25-13-16/h2-5,16H,6-14H2,1H3. The van der Waals surface area contributed by atoms with Crippen molar-refractivity contribution in [1.82, 2.24) is 9.80 Å². The van der Waals surface area contributed by atoms with E-state index in [1.165, 1.54) is 0 Å². The number of carbonyl (C=O) groups is 2. The van der Waals surface area contributed by atoms with Crippen molar-refractivity contribution in [2.45, 2.75) is 31.3 Å². The quantitative estimate of drug-likeness (QED) is 0.763. The van der Waals surface area contributed by atoms with Crippen LogP contribution in [-0.2, 0) is 20.7 Å². The maximum Gasteiger partial charge on any atom is 0.229 e. The van der Waals surface area contributed by atoms with Crippen molar-refractivity contribution in [3.05, 3.63) is 29.8 Å². The molecular formula is C20H26N2O4. The van der Waals surface area contributed by atoms with Crippen LogP contribution < -0.4 is 4.74 Å². The lowest BCUT2D eigenvalue weighted by atomic mass is 9.89. The van der Waals surface area contributed by atoms with Gasteiger partial charge in [-0.15, -0.1) is 0 Å². The molecule has 1 aromatic carbocycles. The fourth-order valence-corrected chi connectivity index (χ4v) is 4.29. The van der Waals surface area contributed by atoms with Crippen LogP contribution in [0.1, 0.15) is 24.8 Å². The number of piperidine rings is 1. The summed E-state index contributed by atoms with van der Waals surface area (Å²) in [6, 6.07) is 7.94. The van der Waals surface area contributed by atoms with Crippen LogP contribution in [-0.4, -0.2) is 67.1 Å². The Bertz CT molecular complexity index is 697. The van der Waals surface area contributed by atoms with Crippen molar-refractivity contribution in [3.8, 4) is 5.75 Å². The lowest BCUT2D eigenvalue weighted by Crippen LogP contribution is -2.54. The van der Waals surface area contributed by atoms with Crippen LogP contribution in [0.5, 0.6) is 5.75 Å². The number of nitrogens with zero attached hydrogens (tertiary/aromatic N) is 2. The summed E-state index contributed by atoms with van der Waals surface area (Å²) in [6.07, 6.45) is 2.74. The Morgan fingerprint density at radius 3 is 2.81 bits per heavy atom. The zero-order valence-corrected chi connectivity index (χ0v) is 15.3. The van der Waals surface area contributed by atoms with Crippen molar-refractivity contribution < 1.29 is 19.1 Å². The summed E-state index contributed by atoms with van der Waals surface area (Å²) < 4.78 is 11.9. The molecule has 26 heavy (non-hydrogen) atoms. The maximum absolute atomic E-state index is 13.0. The van der Waals surface area contributed by atoms with E-state index in [0.717, 1.165) is 30.6 Å². The van der Waals surface area contributed by atoms with E-state index < -0.39 is 0 Å². The van der Waals surface area contributed by atoms with E-state index in [2.05, 4.69) is 0 Å². The average Bonchev–Trinajstić information content (AvgIpc) is 2.80. The molecule has 3 aliphatic heterocycles. The van der Waals surface area contributed by atoms with Gasteiger partial charge in [-0.05, 0) is 30.9 Å². The van der Waals surface area contributed by atoms with Gasteiger partial charge < -0.3 is 19.3 Å². The molecule has 0 N–H and O–H groups in total. The molecule has 0 saturated carbocycles. The summed E-state index contributed by atoms with van der Waals surface area (Å²) in [5, 5.41) is 0. The maximum atomic E-state index is 13.0. The third-order valence-electron chi connectivity index (χ3n) is 5.89. The highest BCUT2D eigenvalue weighted by Crippen LogP contribution is 2.32. The molecule has 4 rings (SSSR count). The second kappa shape index (κ2) is 6.91. The number of likely N-dealkylation sites (N-methyl/N-ethyl adjacent to an activating group) is 1. The monoisotopic (exact) mass is 358 g/mol. The molecule has 6 heteroatoms. The summed E-state index contributed by atoms with van der Waals surface area (Å²) in [7, 11) is 1.84. The van der Waals surface area contributed by atoms with Gasteiger partial charge in [-0.2, -0.15) is 0 Å². The first-order valence-corrected chi connectivity index (χ1v) is 9.44. The first-order chi connectivity index (χ1) is 12.6. The molecule has 6 nitrogen and oxygen atoms in total. The third-order valence-corrected chi connectivity index (χ3v) is 5.89. The molecule has 2 saturated heterocycles. The number of benzene rings is 1. The molecule has 1 atom stereocenters. The predicted molar refractivity (Wildman–Crippen MR) is 95.9 cm³/mol. The van der Waals surface area contributed by atoms with Crippen molar-refractivity contribution in [1.29, 1.82) is 0 Å². The van der Waals surface area contributed by atoms with Gasteiger partial charge in [0.15, 0.2) is 0 Å². The number of hydrogen-bond acceptors (Lipinski definition) is 4. The fourth-order valence-electron chi connectivity index (χ4n) is 4.29. The largest absolute Gasteiger partial charge is 0.492 e. The van der Waals surface area contributed by atoms with Gasteiger partial charge in [0, 0.05) is 26.7 Å². The van der Waals surface area contributed by atoms with Gasteiger partial charge in [-0.1, -0.05) is 18.2 Å². The van der Waals surface area contributed by atoms with Crippen molar-refractivity contribution in [2.24, 2.45) is 5.92 Å². The number of rotatable bonds is 1. The highest BCUT2D eigenvalue weighted by molar-refractivity contribution is 5.80. The summed E-state index contributed by atoms with van der Waals surface area (Å²) >= 11 is 0. The second-order valence-corrected chi connectivity index (χ2v) is 7.68. The fraction of sp³-hybridized carbons (Fsp3) is 0.600. The Balaban J connectivity index is 1.37. The van der Waals surface area contributed by atoms with E-state index in [-0.39, 0.29) is 23.3 Å². The number of amides is 2. The molecular weight excluding hydrogens is 332 g/mol. The summed E-state index contributed by atoms with van der Waals surface area (Å²) in [6.45, 7) is 2.90.